The quantitative estimate of drug-likeness (QED) is 0.571. The lowest BCUT2D eigenvalue weighted by atomic mass is 10.0. The summed E-state index contributed by atoms with van der Waals surface area (Å²) in [7, 11) is 0. The number of hydrogen-bond acceptors (Lipinski definition) is 5. The summed E-state index contributed by atoms with van der Waals surface area (Å²) in [5.41, 5.74) is 1.30. The molecule has 0 unspecified atom stereocenters. The van der Waals surface area contributed by atoms with Gasteiger partial charge in [0.05, 0.1) is 26.2 Å². The van der Waals surface area contributed by atoms with E-state index < -0.39 is 0 Å². The minimum Gasteiger partial charge on any atom is -0.351 e. The standard InChI is InChI=1S/C21H20Cl2N4OS/c1-13-5-6-18(29-13)17-7-10-24-21(26-17)25-14-8-11-27(12-9-14)20(28)19-15(22)3-2-4-16(19)23/h2-7,10,14H,8-9,11-12H2,1H3,(H,24,25,26). The first-order valence-corrected chi connectivity index (χ1v) is 11.0. The van der Waals surface area contributed by atoms with Crippen LogP contribution in [0.3, 0.4) is 0 Å². The second kappa shape index (κ2) is 8.69. The lowest BCUT2D eigenvalue weighted by Gasteiger charge is -2.32. The Morgan fingerprint density at radius 2 is 1.86 bits per heavy atom. The molecule has 5 nitrogen and oxygen atoms in total. The molecule has 1 N–H and O–H groups in total. The molecule has 1 saturated heterocycles. The number of hydrogen-bond donors (Lipinski definition) is 1. The number of likely N-dealkylation sites (tertiary alicyclic amines) is 1. The molecule has 0 saturated carbocycles. The predicted molar refractivity (Wildman–Crippen MR) is 119 cm³/mol. The van der Waals surface area contributed by atoms with Crippen LogP contribution in [-0.2, 0) is 0 Å². The van der Waals surface area contributed by atoms with Crippen LogP contribution in [0, 0.1) is 6.92 Å². The van der Waals surface area contributed by atoms with Gasteiger partial charge in [0.2, 0.25) is 5.95 Å². The number of aryl methyl sites for hydroxylation is 1. The molecule has 3 heterocycles. The maximum absolute atomic E-state index is 12.8. The van der Waals surface area contributed by atoms with Crippen molar-refractivity contribution in [1.29, 1.82) is 0 Å². The number of nitrogens with one attached hydrogen (secondary N) is 1. The molecule has 1 aliphatic rings. The summed E-state index contributed by atoms with van der Waals surface area (Å²) < 4.78 is 0. The Balaban J connectivity index is 1.39. The summed E-state index contributed by atoms with van der Waals surface area (Å²) in [6, 6.07) is 11.4. The minimum atomic E-state index is -0.120. The van der Waals surface area contributed by atoms with Crippen molar-refractivity contribution in [3.8, 4) is 10.6 Å². The Kier molecular flexibility index (Phi) is 6.04. The van der Waals surface area contributed by atoms with Gasteiger partial charge in [-0.1, -0.05) is 29.3 Å². The van der Waals surface area contributed by atoms with E-state index in [4.69, 9.17) is 23.2 Å². The molecular formula is C21H20Cl2N4OS. The Morgan fingerprint density at radius 1 is 1.14 bits per heavy atom. The summed E-state index contributed by atoms with van der Waals surface area (Å²) in [5.74, 6) is 0.498. The lowest BCUT2D eigenvalue weighted by Crippen LogP contribution is -2.42. The lowest BCUT2D eigenvalue weighted by molar-refractivity contribution is 0.0719. The smallest absolute Gasteiger partial charge is 0.256 e. The second-order valence-electron chi connectivity index (χ2n) is 6.98. The normalized spacial score (nSPS) is 14.8. The number of anilines is 1. The molecule has 0 aliphatic carbocycles. The van der Waals surface area contributed by atoms with E-state index in [1.165, 1.54) is 4.88 Å². The van der Waals surface area contributed by atoms with Gasteiger partial charge in [-0.15, -0.1) is 11.3 Å². The topological polar surface area (TPSA) is 58.1 Å². The molecule has 0 spiro atoms. The van der Waals surface area contributed by atoms with E-state index >= 15 is 0 Å². The van der Waals surface area contributed by atoms with E-state index in [-0.39, 0.29) is 11.9 Å². The van der Waals surface area contributed by atoms with Gasteiger partial charge in [0, 0.05) is 30.2 Å². The fourth-order valence-corrected chi connectivity index (χ4v) is 4.80. The molecule has 3 aromatic rings. The summed E-state index contributed by atoms with van der Waals surface area (Å²) in [5, 5.41) is 4.18. The number of carbonyl (C=O) groups is 1. The SMILES string of the molecule is Cc1ccc(-c2ccnc(NC3CCN(C(=O)c4c(Cl)cccc4Cl)CC3)n2)s1. The molecular weight excluding hydrogens is 427 g/mol. The van der Waals surface area contributed by atoms with Crippen molar-refractivity contribution in [1.82, 2.24) is 14.9 Å². The zero-order valence-electron chi connectivity index (χ0n) is 15.9. The number of nitrogens with zero attached hydrogens (tertiary/aromatic N) is 3. The predicted octanol–water partition coefficient (Wildman–Crippen LogP) is 5.54. The third-order valence-corrected chi connectivity index (χ3v) is 6.59. The fraction of sp³-hybridized carbons (Fsp3) is 0.286. The van der Waals surface area contributed by atoms with Gasteiger partial charge >= 0.3 is 0 Å². The van der Waals surface area contributed by atoms with Crippen molar-refractivity contribution >= 4 is 46.4 Å². The zero-order chi connectivity index (χ0) is 20.4. The summed E-state index contributed by atoms with van der Waals surface area (Å²) >= 11 is 14.1. The Labute approximate surface area is 183 Å². The highest BCUT2D eigenvalue weighted by molar-refractivity contribution is 7.15. The van der Waals surface area contributed by atoms with Crippen molar-refractivity contribution in [2.45, 2.75) is 25.8 Å². The van der Waals surface area contributed by atoms with E-state index in [0.717, 1.165) is 23.4 Å². The highest BCUT2D eigenvalue weighted by Gasteiger charge is 2.26. The van der Waals surface area contributed by atoms with Crippen molar-refractivity contribution in [2.24, 2.45) is 0 Å². The molecule has 1 amide bonds. The van der Waals surface area contributed by atoms with Crippen LogP contribution in [0.5, 0.6) is 0 Å². The van der Waals surface area contributed by atoms with E-state index in [2.05, 4.69) is 34.3 Å². The van der Waals surface area contributed by atoms with Gasteiger partial charge in [-0.2, -0.15) is 0 Å². The summed E-state index contributed by atoms with van der Waals surface area (Å²) in [6.45, 7) is 3.34. The maximum atomic E-state index is 12.8. The first-order valence-electron chi connectivity index (χ1n) is 9.41. The van der Waals surface area contributed by atoms with Gasteiger partial charge in [-0.25, -0.2) is 9.97 Å². The molecule has 0 atom stereocenters. The molecule has 150 valence electrons. The van der Waals surface area contributed by atoms with Gasteiger partial charge in [0.1, 0.15) is 0 Å². The summed E-state index contributed by atoms with van der Waals surface area (Å²) in [4.78, 5) is 26.0. The molecule has 0 radical (unpaired) electrons. The van der Waals surface area contributed by atoms with Crippen molar-refractivity contribution in [2.75, 3.05) is 18.4 Å². The van der Waals surface area contributed by atoms with Gasteiger partial charge in [0.25, 0.3) is 5.91 Å². The Bertz CT molecular complexity index is 1010. The van der Waals surface area contributed by atoms with Crippen molar-refractivity contribution in [3.05, 3.63) is 63.1 Å². The molecule has 1 aromatic carbocycles. The van der Waals surface area contributed by atoms with Crippen LogP contribution in [-0.4, -0.2) is 39.9 Å². The van der Waals surface area contributed by atoms with Crippen LogP contribution in [0.4, 0.5) is 5.95 Å². The molecule has 29 heavy (non-hydrogen) atoms. The molecule has 1 aliphatic heterocycles. The average Bonchev–Trinajstić information content (AvgIpc) is 3.15. The number of aromatic nitrogens is 2. The molecule has 4 rings (SSSR count). The van der Waals surface area contributed by atoms with Crippen LogP contribution in [0.1, 0.15) is 28.1 Å². The zero-order valence-corrected chi connectivity index (χ0v) is 18.2. The van der Waals surface area contributed by atoms with E-state index in [0.29, 0.717) is 34.6 Å². The number of rotatable bonds is 4. The summed E-state index contributed by atoms with van der Waals surface area (Å²) in [6.07, 6.45) is 3.39. The van der Waals surface area contributed by atoms with E-state index in [9.17, 15) is 4.79 Å². The van der Waals surface area contributed by atoms with Crippen LogP contribution in [0.15, 0.2) is 42.6 Å². The third-order valence-electron chi connectivity index (χ3n) is 4.94. The number of amides is 1. The molecule has 8 heteroatoms. The number of carbonyl (C=O) groups excluding carboxylic acids is 1. The van der Waals surface area contributed by atoms with Crippen LogP contribution >= 0.6 is 34.5 Å². The van der Waals surface area contributed by atoms with Gasteiger partial charge < -0.3 is 10.2 Å². The highest BCUT2D eigenvalue weighted by atomic mass is 35.5. The second-order valence-corrected chi connectivity index (χ2v) is 9.09. The number of piperidine rings is 1. The van der Waals surface area contributed by atoms with Crippen molar-refractivity contribution in [3.63, 3.8) is 0 Å². The first-order chi connectivity index (χ1) is 14.0. The van der Waals surface area contributed by atoms with Crippen LogP contribution in [0.25, 0.3) is 10.6 Å². The van der Waals surface area contributed by atoms with Crippen molar-refractivity contribution < 1.29 is 4.79 Å². The number of halogens is 2. The van der Waals surface area contributed by atoms with Crippen LogP contribution in [0.2, 0.25) is 10.0 Å². The van der Waals surface area contributed by atoms with Gasteiger partial charge in [0.15, 0.2) is 0 Å². The van der Waals surface area contributed by atoms with Crippen LogP contribution < -0.4 is 5.32 Å². The largest absolute Gasteiger partial charge is 0.351 e. The Morgan fingerprint density at radius 3 is 2.52 bits per heavy atom. The third kappa shape index (κ3) is 4.55. The average molecular weight is 447 g/mol. The maximum Gasteiger partial charge on any atom is 0.256 e. The fourth-order valence-electron chi connectivity index (χ4n) is 3.41. The molecule has 0 bridgehead atoms. The minimum absolute atomic E-state index is 0.120. The number of benzene rings is 1. The first kappa shape index (κ1) is 20.1. The van der Waals surface area contributed by atoms with E-state index in [1.54, 1.807) is 40.6 Å². The monoisotopic (exact) mass is 446 g/mol. The molecule has 1 fully saturated rings. The van der Waals surface area contributed by atoms with Gasteiger partial charge in [-0.3, -0.25) is 4.79 Å². The van der Waals surface area contributed by atoms with Gasteiger partial charge in [-0.05, 0) is 50.1 Å². The number of thiophene rings is 1. The molecule has 2 aromatic heterocycles. The van der Waals surface area contributed by atoms with E-state index in [1.807, 2.05) is 6.07 Å². The highest BCUT2D eigenvalue weighted by Crippen LogP contribution is 2.28. The Hall–Kier alpha value is -2.15.